The second-order valence-corrected chi connectivity index (χ2v) is 5.82. The fourth-order valence-corrected chi connectivity index (χ4v) is 2.84. The molecule has 2 aromatic carbocycles. The number of halogens is 2. The number of aryl methyl sites for hydroxylation is 2. The lowest BCUT2D eigenvalue weighted by atomic mass is 9.93. The van der Waals surface area contributed by atoms with Gasteiger partial charge in [0.2, 0.25) is 0 Å². The minimum absolute atomic E-state index is 0.0151. The minimum Gasteiger partial charge on any atom is -0.306 e. The first kappa shape index (κ1) is 16.0. The molecule has 0 saturated carbocycles. The lowest BCUT2D eigenvalue weighted by Crippen LogP contribution is -2.24. The van der Waals surface area contributed by atoms with Gasteiger partial charge in [-0.05, 0) is 55.6 Å². The van der Waals surface area contributed by atoms with Crippen LogP contribution in [-0.4, -0.2) is 6.54 Å². The van der Waals surface area contributed by atoms with Crippen molar-refractivity contribution in [2.75, 3.05) is 6.54 Å². The molecule has 1 atom stereocenters. The zero-order chi connectivity index (χ0) is 15.4. The van der Waals surface area contributed by atoms with E-state index in [2.05, 4.69) is 44.3 Å². The topological polar surface area (TPSA) is 12.0 Å². The Morgan fingerprint density at radius 1 is 1.10 bits per heavy atom. The van der Waals surface area contributed by atoms with Crippen LogP contribution in [0.1, 0.15) is 41.6 Å². The van der Waals surface area contributed by atoms with E-state index in [1.807, 2.05) is 0 Å². The number of benzene rings is 2. The van der Waals surface area contributed by atoms with Crippen LogP contribution in [0.3, 0.4) is 0 Å². The van der Waals surface area contributed by atoms with Crippen molar-refractivity contribution in [1.82, 2.24) is 5.32 Å². The Morgan fingerprint density at radius 3 is 2.43 bits per heavy atom. The molecule has 0 saturated heterocycles. The van der Waals surface area contributed by atoms with Crippen LogP contribution >= 0.6 is 11.6 Å². The van der Waals surface area contributed by atoms with Gasteiger partial charge in [-0.2, -0.15) is 0 Å². The summed E-state index contributed by atoms with van der Waals surface area (Å²) in [5.41, 5.74) is 4.54. The molecule has 3 heteroatoms. The predicted octanol–water partition coefficient (Wildman–Crippen LogP) is 5.18. The van der Waals surface area contributed by atoms with Crippen molar-refractivity contribution < 1.29 is 4.39 Å². The second-order valence-electron chi connectivity index (χ2n) is 5.41. The van der Waals surface area contributed by atoms with Gasteiger partial charge in [-0.25, -0.2) is 4.39 Å². The van der Waals surface area contributed by atoms with Crippen molar-refractivity contribution in [3.05, 3.63) is 69.5 Å². The molecule has 0 spiro atoms. The van der Waals surface area contributed by atoms with Crippen molar-refractivity contribution in [3.8, 4) is 0 Å². The van der Waals surface area contributed by atoms with Crippen LogP contribution in [0.25, 0.3) is 0 Å². The van der Waals surface area contributed by atoms with E-state index in [1.54, 1.807) is 6.07 Å². The first-order valence-electron chi connectivity index (χ1n) is 7.28. The van der Waals surface area contributed by atoms with Crippen molar-refractivity contribution in [3.63, 3.8) is 0 Å². The molecule has 0 amide bonds. The molecule has 21 heavy (non-hydrogen) atoms. The van der Waals surface area contributed by atoms with Gasteiger partial charge in [-0.1, -0.05) is 48.4 Å². The van der Waals surface area contributed by atoms with Crippen LogP contribution in [0.5, 0.6) is 0 Å². The molecule has 0 aromatic heterocycles. The first-order chi connectivity index (χ1) is 10.0. The summed E-state index contributed by atoms with van der Waals surface area (Å²) in [6, 6.07) is 11.0. The maximum Gasteiger partial charge on any atom is 0.124 e. The van der Waals surface area contributed by atoms with E-state index in [9.17, 15) is 4.39 Å². The van der Waals surface area contributed by atoms with Crippen molar-refractivity contribution in [1.29, 1.82) is 0 Å². The smallest absolute Gasteiger partial charge is 0.124 e. The highest BCUT2D eigenvalue weighted by Crippen LogP contribution is 2.31. The molecule has 2 rings (SSSR count). The first-order valence-corrected chi connectivity index (χ1v) is 7.66. The molecule has 2 aromatic rings. The molecular weight excluding hydrogens is 285 g/mol. The Hall–Kier alpha value is -1.38. The van der Waals surface area contributed by atoms with E-state index in [1.165, 1.54) is 28.8 Å². The van der Waals surface area contributed by atoms with E-state index in [0.717, 1.165) is 18.5 Å². The van der Waals surface area contributed by atoms with Crippen molar-refractivity contribution in [2.45, 2.75) is 33.2 Å². The summed E-state index contributed by atoms with van der Waals surface area (Å²) in [5.74, 6) is -0.307. The molecule has 0 aliphatic heterocycles. The largest absolute Gasteiger partial charge is 0.306 e. The molecule has 0 aliphatic carbocycles. The summed E-state index contributed by atoms with van der Waals surface area (Å²) < 4.78 is 13.3. The highest BCUT2D eigenvalue weighted by atomic mass is 35.5. The van der Waals surface area contributed by atoms with Gasteiger partial charge in [-0.3, -0.25) is 0 Å². The third-order valence-electron chi connectivity index (χ3n) is 3.61. The normalized spacial score (nSPS) is 12.4. The van der Waals surface area contributed by atoms with Gasteiger partial charge in [0.1, 0.15) is 5.82 Å². The molecule has 0 aliphatic rings. The Labute approximate surface area is 131 Å². The highest BCUT2D eigenvalue weighted by Gasteiger charge is 2.18. The molecule has 1 nitrogen and oxygen atoms in total. The maximum atomic E-state index is 13.3. The lowest BCUT2D eigenvalue weighted by Gasteiger charge is -2.23. The van der Waals surface area contributed by atoms with Gasteiger partial charge >= 0.3 is 0 Å². The summed E-state index contributed by atoms with van der Waals surface area (Å²) in [6.07, 6.45) is 1.03. The van der Waals surface area contributed by atoms with Crippen LogP contribution in [0.4, 0.5) is 4.39 Å². The SMILES string of the molecule is CCCNC(c1ccc(C)cc1C)c1ccc(F)cc1Cl. The highest BCUT2D eigenvalue weighted by molar-refractivity contribution is 6.31. The monoisotopic (exact) mass is 305 g/mol. The third-order valence-corrected chi connectivity index (χ3v) is 3.94. The fourth-order valence-electron chi connectivity index (χ4n) is 2.56. The summed E-state index contributed by atoms with van der Waals surface area (Å²) in [7, 11) is 0. The summed E-state index contributed by atoms with van der Waals surface area (Å²) in [6.45, 7) is 7.18. The number of hydrogen-bond donors (Lipinski definition) is 1. The molecule has 1 unspecified atom stereocenters. The fraction of sp³-hybridized carbons (Fsp3) is 0.333. The molecule has 0 bridgehead atoms. The van der Waals surface area contributed by atoms with Crippen LogP contribution in [0.2, 0.25) is 5.02 Å². The molecule has 0 heterocycles. The average molecular weight is 306 g/mol. The summed E-state index contributed by atoms with van der Waals surface area (Å²) in [4.78, 5) is 0. The Balaban J connectivity index is 2.46. The zero-order valence-corrected chi connectivity index (χ0v) is 13.5. The van der Waals surface area contributed by atoms with Gasteiger partial charge < -0.3 is 5.32 Å². The van der Waals surface area contributed by atoms with Gasteiger partial charge in [0.15, 0.2) is 0 Å². The number of hydrogen-bond acceptors (Lipinski definition) is 1. The Morgan fingerprint density at radius 2 is 1.81 bits per heavy atom. The standard InChI is InChI=1S/C18H21ClFN/c1-4-9-21-18(15-7-5-12(2)10-13(15)3)16-8-6-14(20)11-17(16)19/h5-8,10-11,18,21H,4,9H2,1-3H3. The molecular formula is C18H21ClFN. The quantitative estimate of drug-likeness (QED) is 0.802. The minimum atomic E-state index is -0.307. The average Bonchev–Trinajstić information content (AvgIpc) is 2.42. The molecule has 0 radical (unpaired) electrons. The van der Waals surface area contributed by atoms with E-state index in [4.69, 9.17) is 11.6 Å². The maximum absolute atomic E-state index is 13.3. The third kappa shape index (κ3) is 3.84. The lowest BCUT2D eigenvalue weighted by molar-refractivity contribution is 0.591. The Bertz CT molecular complexity index is 573. The van der Waals surface area contributed by atoms with Crippen molar-refractivity contribution >= 4 is 11.6 Å². The molecule has 112 valence electrons. The zero-order valence-electron chi connectivity index (χ0n) is 12.7. The van der Waals surface area contributed by atoms with Crippen LogP contribution in [-0.2, 0) is 0 Å². The van der Waals surface area contributed by atoms with Crippen LogP contribution in [0.15, 0.2) is 36.4 Å². The van der Waals surface area contributed by atoms with Gasteiger partial charge in [0.25, 0.3) is 0 Å². The molecule has 0 fully saturated rings. The predicted molar refractivity (Wildman–Crippen MR) is 87.5 cm³/mol. The van der Waals surface area contributed by atoms with Crippen molar-refractivity contribution in [2.24, 2.45) is 0 Å². The van der Waals surface area contributed by atoms with E-state index >= 15 is 0 Å². The second kappa shape index (κ2) is 7.06. The van der Waals surface area contributed by atoms with E-state index in [0.29, 0.717) is 5.02 Å². The number of rotatable bonds is 5. The van der Waals surface area contributed by atoms with Crippen LogP contribution < -0.4 is 5.32 Å². The molecule has 1 N–H and O–H groups in total. The number of nitrogens with one attached hydrogen (secondary N) is 1. The van der Waals surface area contributed by atoms with Crippen LogP contribution in [0, 0.1) is 19.7 Å². The van der Waals surface area contributed by atoms with E-state index in [-0.39, 0.29) is 11.9 Å². The Kier molecular flexibility index (Phi) is 5.38. The van der Waals surface area contributed by atoms with Gasteiger partial charge in [0.05, 0.1) is 6.04 Å². The van der Waals surface area contributed by atoms with Gasteiger partial charge in [0, 0.05) is 5.02 Å². The van der Waals surface area contributed by atoms with E-state index < -0.39 is 0 Å². The summed E-state index contributed by atoms with van der Waals surface area (Å²) in [5, 5.41) is 3.98. The summed E-state index contributed by atoms with van der Waals surface area (Å²) >= 11 is 6.26. The van der Waals surface area contributed by atoms with Gasteiger partial charge in [-0.15, -0.1) is 0 Å².